The van der Waals surface area contributed by atoms with E-state index in [1.54, 1.807) is 0 Å². The zero-order valence-corrected chi connectivity index (χ0v) is 34.5. The minimum atomic E-state index is -0.417. The summed E-state index contributed by atoms with van der Waals surface area (Å²) in [6.07, 6.45) is 9.88. The van der Waals surface area contributed by atoms with Crippen molar-refractivity contribution < 1.29 is 30.0 Å². The van der Waals surface area contributed by atoms with E-state index in [2.05, 4.69) is 81.4 Å². The van der Waals surface area contributed by atoms with E-state index < -0.39 is 5.41 Å². The number of carbonyl (C=O) groups is 1. The van der Waals surface area contributed by atoms with Crippen LogP contribution in [0.25, 0.3) is 43.9 Å². The van der Waals surface area contributed by atoms with Crippen LogP contribution in [-0.4, -0.2) is 15.9 Å². The van der Waals surface area contributed by atoms with Crippen LogP contribution in [0, 0.1) is 35.2 Å². The summed E-state index contributed by atoms with van der Waals surface area (Å²) in [6, 6.07) is 28.0. The van der Waals surface area contributed by atoms with Crippen LogP contribution in [0.15, 0.2) is 78.7 Å². The van der Waals surface area contributed by atoms with Crippen LogP contribution in [-0.2, 0) is 30.3 Å². The van der Waals surface area contributed by atoms with Gasteiger partial charge in [0.25, 0.3) is 0 Å². The molecule has 4 nitrogen and oxygen atoms in total. The van der Waals surface area contributed by atoms with E-state index in [1.807, 2.05) is 59.9 Å². The van der Waals surface area contributed by atoms with Crippen LogP contribution in [0.4, 0.5) is 0 Å². The molecule has 5 aromatic rings. The molecule has 1 N–H and O–H groups in total. The van der Waals surface area contributed by atoms with Gasteiger partial charge in [-0.1, -0.05) is 118 Å². The molecule has 1 fully saturated rings. The molecule has 7 rings (SSSR count). The molecule has 1 radical (unpaired) electrons. The van der Waals surface area contributed by atoms with Gasteiger partial charge < -0.3 is 10.1 Å². The third-order valence-corrected chi connectivity index (χ3v) is 10.8. The number of fused-ring (bicyclic) bond motifs is 7. The second-order valence-electron chi connectivity index (χ2n) is 17.1. The first-order valence-corrected chi connectivity index (χ1v) is 18.4. The predicted octanol–water partition coefficient (Wildman–Crippen LogP) is 12.5. The number of carbonyl (C=O) groups excluding carboxylic acids is 1. The Morgan fingerprint density at radius 3 is 2.21 bits per heavy atom. The molecule has 0 spiro atoms. The maximum atomic E-state index is 11.5. The number of aliphatic hydroxyl groups is 1. The first-order valence-electron chi connectivity index (χ1n) is 18.4. The summed E-state index contributed by atoms with van der Waals surface area (Å²) in [6.45, 7) is 17.8. The van der Waals surface area contributed by atoms with Crippen molar-refractivity contribution in [1.29, 1.82) is 5.26 Å². The number of aryl methyl sites for hydroxylation is 1. The number of pyridine rings is 1. The van der Waals surface area contributed by atoms with Crippen LogP contribution in [0.5, 0.6) is 0 Å². The Balaban J connectivity index is 0.000000322. The van der Waals surface area contributed by atoms with E-state index in [0.717, 1.165) is 22.4 Å². The molecular formula is C47H51IrN2O2-. The predicted molar refractivity (Wildman–Crippen MR) is 211 cm³/mol. The van der Waals surface area contributed by atoms with Gasteiger partial charge in [0.1, 0.15) is 5.76 Å². The topological polar surface area (TPSA) is 74.0 Å². The molecule has 1 aromatic heterocycles. The standard InChI is InChI=1S/C36H31N2.C11H20O2.Ir/c1-22-18-25(23-8-5-4-6-9-23)20-26(19-22)35-30-14-13-29-27(28(30)16-17-38-35)12-15-31-33-24(21-37)10-7-11-32(33)36(2,3)34(29)31;1-10(2,3)8(12)7-9(13)11(4,5)6;/h7,10-18,20,23H,4-6,8-9H2,1-3H3;7,12H,1-6H3;/q-1;;/b;8-7-;. The number of hydrogen-bond donors (Lipinski definition) is 1. The van der Waals surface area contributed by atoms with Crippen LogP contribution < -0.4 is 0 Å². The fourth-order valence-corrected chi connectivity index (χ4v) is 7.86. The van der Waals surface area contributed by atoms with Gasteiger partial charge in [-0.2, -0.15) is 5.26 Å². The SMILES string of the molecule is CC(C)(C)C(=O)/C=C(\O)C(C)(C)C.Cc1[c-]c(-c2nccc3c2ccc2c4c(ccc23)-c2c(C#N)cccc2C4(C)C)cc(C2CCCCC2)c1.[Ir]. The van der Waals surface area contributed by atoms with Crippen molar-refractivity contribution in [2.45, 2.75) is 106 Å². The molecule has 0 aliphatic heterocycles. The Bertz CT molecular complexity index is 2240. The van der Waals surface area contributed by atoms with Gasteiger partial charge in [0.2, 0.25) is 0 Å². The van der Waals surface area contributed by atoms with Crippen molar-refractivity contribution >= 4 is 27.3 Å². The van der Waals surface area contributed by atoms with Crippen molar-refractivity contribution in [3.05, 3.63) is 113 Å². The molecule has 2 aliphatic carbocycles. The van der Waals surface area contributed by atoms with Crippen LogP contribution in [0.3, 0.4) is 0 Å². The van der Waals surface area contributed by atoms with Crippen LogP contribution in [0.1, 0.15) is 121 Å². The number of ketones is 1. The average molecular weight is 868 g/mol. The van der Waals surface area contributed by atoms with Crippen molar-refractivity contribution in [3.8, 4) is 28.5 Å². The Hall–Kier alpha value is -4.10. The molecular weight excluding hydrogens is 817 g/mol. The normalized spacial score (nSPS) is 15.6. The Labute approximate surface area is 323 Å². The number of rotatable bonds is 3. The molecule has 271 valence electrons. The van der Waals surface area contributed by atoms with Crippen molar-refractivity contribution in [3.63, 3.8) is 0 Å². The number of benzene rings is 4. The minimum absolute atomic E-state index is 0. The van der Waals surface area contributed by atoms with Gasteiger partial charge in [0.05, 0.1) is 11.6 Å². The Morgan fingerprint density at radius 2 is 1.56 bits per heavy atom. The van der Waals surface area contributed by atoms with Gasteiger partial charge in [0.15, 0.2) is 5.78 Å². The number of hydrogen-bond acceptors (Lipinski definition) is 4. The molecule has 52 heavy (non-hydrogen) atoms. The number of aromatic nitrogens is 1. The minimum Gasteiger partial charge on any atom is -0.512 e. The zero-order chi connectivity index (χ0) is 36.9. The fourth-order valence-electron chi connectivity index (χ4n) is 7.86. The summed E-state index contributed by atoms with van der Waals surface area (Å²) >= 11 is 0. The first kappa shape index (κ1) is 39.1. The first-order chi connectivity index (χ1) is 24.0. The monoisotopic (exact) mass is 868 g/mol. The summed E-state index contributed by atoms with van der Waals surface area (Å²) in [5.74, 6) is 0.753. The molecule has 5 heteroatoms. The smallest absolute Gasteiger partial charge is 0.164 e. The fraction of sp³-hybridized carbons (Fsp3) is 0.383. The number of nitrogens with zero attached hydrogens (tertiary/aromatic N) is 2. The molecule has 0 saturated heterocycles. The third-order valence-electron chi connectivity index (χ3n) is 10.8. The Morgan fingerprint density at radius 1 is 0.904 bits per heavy atom. The van der Waals surface area contributed by atoms with E-state index in [0.29, 0.717) is 5.92 Å². The third kappa shape index (κ3) is 7.39. The van der Waals surface area contributed by atoms with Crippen LogP contribution in [0.2, 0.25) is 0 Å². The molecule has 4 aromatic carbocycles. The summed E-state index contributed by atoms with van der Waals surface area (Å²) < 4.78 is 0. The summed E-state index contributed by atoms with van der Waals surface area (Å²) in [5.41, 5.74) is 9.39. The molecule has 1 saturated carbocycles. The van der Waals surface area contributed by atoms with E-state index in [1.165, 1.54) is 87.5 Å². The molecule has 0 unspecified atom stereocenters. The summed E-state index contributed by atoms with van der Waals surface area (Å²) in [5, 5.41) is 24.3. The summed E-state index contributed by atoms with van der Waals surface area (Å²) in [4.78, 5) is 16.4. The second kappa shape index (κ2) is 14.7. The number of nitriles is 1. The van der Waals surface area contributed by atoms with Gasteiger partial charge in [0, 0.05) is 54.2 Å². The number of aliphatic hydroxyl groups excluding tert-OH is 1. The van der Waals surface area contributed by atoms with E-state index in [-0.39, 0.29) is 42.5 Å². The van der Waals surface area contributed by atoms with E-state index >= 15 is 0 Å². The van der Waals surface area contributed by atoms with Crippen molar-refractivity contribution in [1.82, 2.24) is 4.98 Å². The molecule has 0 amide bonds. The maximum absolute atomic E-state index is 11.5. The van der Waals surface area contributed by atoms with E-state index in [9.17, 15) is 15.2 Å². The van der Waals surface area contributed by atoms with E-state index in [4.69, 9.17) is 4.98 Å². The van der Waals surface area contributed by atoms with Crippen LogP contribution >= 0.6 is 0 Å². The van der Waals surface area contributed by atoms with Gasteiger partial charge in [-0.05, 0) is 74.8 Å². The van der Waals surface area contributed by atoms with Gasteiger partial charge in [-0.15, -0.1) is 34.9 Å². The second-order valence-corrected chi connectivity index (χ2v) is 17.1. The maximum Gasteiger partial charge on any atom is 0.164 e. The van der Waals surface area contributed by atoms with Crippen molar-refractivity contribution in [2.24, 2.45) is 10.8 Å². The van der Waals surface area contributed by atoms with Crippen molar-refractivity contribution in [2.75, 3.05) is 0 Å². The quantitative estimate of drug-likeness (QED) is 0.0848. The molecule has 1 heterocycles. The number of allylic oxidation sites excluding steroid dienone is 2. The average Bonchev–Trinajstić information content (AvgIpc) is 3.33. The zero-order valence-electron chi connectivity index (χ0n) is 32.1. The molecule has 2 aliphatic rings. The Kier molecular flexibility index (Phi) is 11.1. The summed E-state index contributed by atoms with van der Waals surface area (Å²) in [7, 11) is 0. The molecule has 0 atom stereocenters. The van der Waals surface area contributed by atoms with Gasteiger partial charge >= 0.3 is 0 Å². The van der Waals surface area contributed by atoms with Gasteiger partial charge in [-0.25, -0.2) is 0 Å². The largest absolute Gasteiger partial charge is 0.512 e. The molecule has 0 bridgehead atoms. The van der Waals surface area contributed by atoms with Gasteiger partial charge in [-0.3, -0.25) is 4.79 Å².